The van der Waals surface area contributed by atoms with Crippen molar-refractivity contribution in [2.45, 2.75) is 51.5 Å². The zero-order valence-electron chi connectivity index (χ0n) is 10.3. The van der Waals surface area contributed by atoms with Crippen molar-refractivity contribution in [3.8, 4) is 0 Å². The maximum atomic E-state index is 11.4. The van der Waals surface area contributed by atoms with Crippen LogP contribution in [0.3, 0.4) is 0 Å². The summed E-state index contributed by atoms with van der Waals surface area (Å²) < 4.78 is 4.74. The largest absolute Gasteiger partial charge is 0.392 e. The van der Waals surface area contributed by atoms with E-state index in [1.54, 1.807) is 0 Å². The van der Waals surface area contributed by atoms with Gasteiger partial charge in [-0.15, -0.1) is 0 Å². The zero-order valence-corrected chi connectivity index (χ0v) is 12.3. The fraction of sp³-hybridized carbons (Fsp3) is 0.818. The predicted molar refractivity (Wildman–Crippen MR) is 62.0 cm³/mol. The summed E-state index contributed by atoms with van der Waals surface area (Å²) in [4.78, 5) is 22.6. The summed E-state index contributed by atoms with van der Waals surface area (Å²) in [6, 6.07) is -0.264. The first-order valence-corrected chi connectivity index (χ1v) is 5.72. The molecule has 1 heterocycles. The molecule has 0 aromatic heterocycles. The monoisotopic (exact) mass is 236 g/mol. The van der Waals surface area contributed by atoms with Crippen molar-refractivity contribution < 1.29 is 14.3 Å². The molecular weight excluding hydrogens is 217 g/mol. The van der Waals surface area contributed by atoms with Gasteiger partial charge >= 0.3 is 11.9 Å². The van der Waals surface area contributed by atoms with E-state index in [1.165, 1.54) is 0 Å². The van der Waals surface area contributed by atoms with Crippen molar-refractivity contribution in [3.05, 3.63) is 0 Å². The van der Waals surface area contributed by atoms with Gasteiger partial charge in [0.2, 0.25) is 0 Å². The molecule has 0 unspecified atom stereocenters. The van der Waals surface area contributed by atoms with Gasteiger partial charge in [0.05, 0.1) is 0 Å². The van der Waals surface area contributed by atoms with E-state index in [2.05, 4.69) is 12.2 Å². The van der Waals surface area contributed by atoms with Gasteiger partial charge < -0.3 is 10.1 Å². The molecule has 0 saturated carbocycles. The van der Waals surface area contributed by atoms with E-state index in [-0.39, 0.29) is 41.6 Å². The van der Waals surface area contributed by atoms with Crippen LogP contribution in [0.15, 0.2) is 0 Å². The van der Waals surface area contributed by atoms with Crippen molar-refractivity contribution in [1.29, 1.82) is 0 Å². The summed E-state index contributed by atoms with van der Waals surface area (Å²) in [5.41, 5.74) is 0. The SMILES string of the molecule is CCCCCC(=O)OC(=O)[C@@H]1CCCN1.[Na]. The molecule has 0 aromatic carbocycles. The third-order valence-electron chi connectivity index (χ3n) is 2.54. The Morgan fingerprint density at radius 2 is 2.12 bits per heavy atom. The third kappa shape index (κ3) is 5.99. The molecule has 1 atom stereocenters. The van der Waals surface area contributed by atoms with Gasteiger partial charge in [-0.3, -0.25) is 4.79 Å². The average molecular weight is 236 g/mol. The zero-order chi connectivity index (χ0) is 11.1. The Balaban J connectivity index is 0.00000225. The van der Waals surface area contributed by atoms with Crippen LogP contribution in [-0.2, 0) is 14.3 Å². The molecule has 5 heteroatoms. The van der Waals surface area contributed by atoms with Gasteiger partial charge in [-0.25, -0.2) is 4.79 Å². The second-order valence-electron chi connectivity index (χ2n) is 3.90. The van der Waals surface area contributed by atoms with E-state index in [1.807, 2.05) is 0 Å². The molecule has 0 amide bonds. The van der Waals surface area contributed by atoms with Crippen LogP contribution in [0.2, 0.25) is 0 Å². The van der Waals surface area contributed by atoms with E-state index in [4.69, 9.17) is 4.74 Å². The van der Waals surface area contributed by atoms with Gasteiger partial charge in [0, 0.05) is 36.0 Å². The molecule has 0 aromatic rings. The van der Waals surface area contributed by atoms with Crippen LogP contribution in [0.4, 0.5) is 0 Å². The van der Waals surface area contributed by atoms with Gasteiger partial charge in [-0.1, -0.05) is 19.8 Å². The Bertz CT molecular complexity index is 227. The average Bonchev–Trinajstić information content (AvgIpc) is 2.70. The van der Waals surface area contributed by atoms with E-state index < -0.39 is 5.97 Å². The smallest absolute Gasteiger partial charge is 0.330 e. The van der Waals surface area contributed by atoms with Crippen molar-refractivity contribution >= 4 is 41.5 Å². The van der Waals surface area contributed by atoms with Gasteiger partial charge in [-0.05, 0) is 25.8 Å². The summed E-state index contributed by atoms with van der Waals surface area (Å²) in [6.07, 6.45) is 4.98. The fourth-order valence-corrected chi connectivity index (χ4v) is 1.64. The molecule has 1 rings (SSSR count). The predicted octanol–water partition coefficient (Wildman–Crippen LogP) is 1.01. The van der Waals surface area contributed by atoms with E-state index in [9.17, 15) is 9.59 Å². The molecule has 87 valence electrons. The summed E-state index contributed by atoms with van der Waals surface area (Å²) in [5, 5.41) is 3.00. The first kappa shape index (κ1) is 16.1. The molecule has 0 aliphatic carbocycles. The normalized spacial score (nSPS) is 18.9. The first-order valence-electron chi connectivity index (χ1n) is 5.72. The minimum atomic E-state index is -0.408. The fourth-order valence-electron chi connectivity index (χ4n) is 1.64. The van der Waals surface area contributed by atoms with E-state index >= 15 is 0 Å². The van der Waals surface area contributed by atoms with Gasteiger partial charge in [0.15, 0.2) is 0 Å². The number of carbonyl (C=O) groups is 2. The molecule has 1 radical (unpaired) electrons. The van der Waals surface area contributed by atoms with Crippen LogP contribution in [0, 0.1) is 0 Å². The molecule has 4 nitrogen and oxygen atoms in total. The molecule has 0 spiro atoms. The minimum absolute atomic E-state index is 0. The third-order valence-corrected chi connectivity index (χ3v) is 2.54. The molecule has 1 saturated heterocycles. The maximum Gasteiger partial charge on any atom is 0.330 e. The number of nitrogens with one attached hydrogen (secondary N) is 1. The number of unbranched alkanes of at least 4 members (excludes halogenated alkanes) is 2. The van der Waals surface area contributed by atoms with Crippen LogP contribution in [0.1, 0.15) is 45.4 Å². The minimum Gasteiger partial charge on any atom is -0.392 e. The molecule has 1 N–H and O–H groups in total. The van der Waals surface area contributed by atoms with Crippen molar-refractivity contribution in [1.82, 2.24) is 5.32 Å². The number of hydrogen-bond acceptors (Lipinski definition) is 4. The quantitative estimate of drug-likeness (QED) is 0.335. The standard InChI is InChI=1S/C11H19NO3.Na/c1-2-3-4-7-10(13)15-11(14)9-6-5-8-12-9;/h9,12H,2-8H2,1H3;/t9-;/m0./s1. The van der Waals surface area contributed by atoms with Crippen LogP contribution in [0.25, 0.3) is 0 Å². The summed E-state index contributed by atoms with van der Waals surface area (Å²) in [6.45, 7) is 2.91. The summed E-state index contributed by atoms with van der Waals surface area (Å²) in [7, 11) is 0. The van der Waals surface area contributed by atoms with Crippen LogP contribution in [-0.4, -0.2) is 54.1 Å². The first-order chi connectivity index (χ1) is 7.24. The van der Waals surface area contributed by atoms with Gasteiger partial charge in [-0.2, -0.15) is 0 Å². The summed E-state index contributed by atoms with van der Waals surface area (Å²) >= 11 is 0. The van der Waals surface area contributed by atoms with Crippen molar-refractivity contribution in [2.24, 2.45) is 0 Å². The number of carbonyl (C=O) groups excluding carboxylic acids is 2. The number of hydrogen-bond donors (Lipinski definition) is 1. The Labute approximate surface area is 119 Å². The van der Waals surface area contributed by atoms with Gasteiger partial charge in [0.1, 0.15) is 6.04 Å². The van der Waals surface area contributed by atoms with Crippen molar-refractivity contribution in [3.63, 3.8) is 0 Å². The van der Waals surface area contributed by atoms with E-state index in [0.717, 1.165) is 38.6 Å². The topological polar surface area (TPSA) is 55.4 Å². The molecule has 16 heavy (non-hydrogen) atoms. The second kappa shape index (κ2) is 9.16. The number of esters is 2. The van der Waals surface area contributed by atoms with E-state index in [0.29, 0.717) is 6.42 Å². The number of rotatable bonds is 5. The Kier molecular flexibility index (Phi) is 9.22. The second-order valence-corrected chi connectivity index (χ2v) is 3.90. The molecule has 1 aliphatic rings. The van der Waals surface area contributed by atoms with Crippen LogP contribution in [0.5, 0.6) is 0 Å². The summed E-state index contributed by atoms with van der Waals surface area (Å²) in [5.74, 6) is -0.795. The number of ether oxygens (including phenoxy) is 1. The molecule has 1 fully saturated rings. The Morgan fingerprint density at radius 1 is 1.38 bits per heavy atom. The van der Waals surface area contributed by atoms with Crippen molar-refractivity contribution in [2.75, 3.05) is 6.54 Å². The molecule has 0 bridgehead atoms. The van der Waals surface area contributed by atoms with Gasteiger partial charge in [0.25, 0.3) is 0 Å². The maximum absolute atomic E-state index is 11.4. The van der Waals surface area contributed by atoms with Crippen LogP contribution < -0.4 is 5.32 Å². The Hall–Kier alpha value is 0.1000. The van der Waals surface area contributed by atoms with Crippen LogP contribution >= 0.6 is 0 Å². The molecular formula is C11H19NNaO3. The molecule has 1 aliphatic heterocycles. The Morgan fingerprint density at radius 3 is 2.69 bits per heavy atom.